The number of nitrogens with one attached hydrogen (secondary N) is 2. The van der Waals surface area contributed by atoms with Crippen molar-refractivity contribution >= 4 is 17.4 Å². The zero-order chi connectivity index (χ0) is 26.9. The molecule has 1 aliphatic heterocycles. The van der Waals surface area contributed by atoms with Gasteiger partial charge >= 0.3 is 6.03 Å². The minimum absolute atomic E-state index is 0.177. The lowest BCUT2D eigenvalue weighted by molar-refractivity contribution is 0.244. The average Bonchev–Trinajstić information content (AvgIpc) is 3.00. The van der Waals surface area contributed by atoms with Crippen molar-refractivity contribution in [3.8, 4) is 28.0 Å². The second kappa shape index (κ2) is 13.0. The van der Waals surface area contributed by atoms with Gasteiger partial charge < -0.3 is 20.3 Å². The number of carbonyl (C=O) groups is 1. The number of nitrogens with zero attached hydrogens (tertiary/aromatic N) is 2. The molecule has 0 aliphatic carbocycles. The van der Waals surface area contributed by atoms with Crippen molar-refractivity contribution in [2.24, 2.45) is 0 Å². The van der Waals surface area contributed by atoms with Gasteiger partial charge in [-0.1, -0.05) is 84.9 Å². The van der Waals surface area contributed by atoms with Crippen LogP contribution in [0.1, 0.15) is 6.42 Å². The molecule has 2 amide bonds. The molecule has 4 aromatic carbocycles. The van der Waals surface area contributed by atoms with Gasteiger partial charge in [-0.2, -0.15) is 0 Å². The molecule has 200 valence electrons. The summed E-state index contributed by atoms with van der Waals surface area (Å²) in [6, 6.07) is 34.7. The number of ether oxygens (including phenoxy) is 1. The Morgan fingerprint density at radius 2 is 1.38 bits per heavy atom. The maximum atomic E-state index is 12.7. The number of piperazine rings is 1. The maximum Gasteiger partial charge on any atom is 0.319 e. The molecule has 0 spiro atoms. The fourth-order valence-electron chi connectivity index (χ4n) is 5.09. The van der Waals surface area contributed by atoms with Crippen molar-refractivity contribution in [3.63, 3.8) is 0 Å². The van der Waals surface area contributed by atoms with E-state index in [1.165, 1.54) is 11.1 Å². The van der Waals surface area contributed by atoms with Crippen LogP contribution in [0, 0.1) is 0 Å². The lowest BCUT2D eigenvalue weighted by atomic mass is 9.99. The van der Waals surface area contributed by atoms with E-state index < -0.39 is 0 Å². The highest BCUT2D eigenvalue weighted by atomic mass is 16.5. The number of benzene rings is 4. The van der Waals surface area contributed by atoms with Gasteiger partial charge in [-0.15, -0.1) is 0 Å². The second-order valence-corrected chi connectivity index (χ2v) is 9.72. The summed E-state index contributed by atoms with van der Waals surface area (Å²) in [5, 5.41) is 6.07. The summed E-state index contributed by atoms with van der Waals surface area (Å²) in [7, 11) is 1.72. The molecule has 1 heterocycles. The Bertz CT molecular complexity index is 1350. The number of anilines is 2. The van der Waals surface area contributed by atoms with E-state index in [-0.39, 0.29) is 6.03 Å². The normalized spacial score (nSPS) is 13.6. The first-order valence-corrected chi connectivity index (χ1v) is 13.6. The van der Waals surface area contributed by atoms with E-state index >= 15 is 0 Å². The van der Waals surface area contributed by atoms with E-state index in [1.807, 2.05) is 54.6 Å². The summed E-state index contributed by atoms with van der Waals surface area (Å²) in [6.45, 7) is 5.53. The quantitative estimate of drug-likeness (QED) is 0.252. The summed E-state index contributed by atoms with van der Waals surface area (Å²) >= 11 is 0. The van der Waals surface area contributed by atoms with Gasteiger partial charge in [-0.25, -0.2) is 4.79 Å². The molecule has 1 saturated heterocycles. The zero-order valence-corrected chi connectivity index (χ0v) is 22.5. The molecule has 6 nitrogen and oxygen atoms in total. The SMILES string of the molecule is COc1ccccc1N1CCN(CCCNC(=O)Nc2ccccc2-c2ccc(-c3ccccc3)cc2)CC1. The van der Waals surface area contributed by atoms with Crippen LogP contribution in [0.5, 0.6) is 5.75 Å². The van der Waals surface area contributed by atoms with E-state index in [0.29, 0.717) is 6.54 Å². The molecule has 1 fully saturated rings. The topological polar surface area (TPSA) is 56.8 Å². The lowest BCUT2D eigenvalue weighted by Gasteiger charge is -2.36. The molecule has 0 atom stereocenters. The highest BCUT2D eigenvalue weighted by molar-refractivity contribution is 5.94. The summed E-state index contributed by atoms with van der Waals surface area (Å²) < 4.78 is 5.52. The highest BCUT2D eigenvalue weighted by Crippen LogP contribution is 2.30. The van der Waals surface area contributed by atoms with Crippen LogP contribution in [0.4, 0.5) is 16.2 Å². The van der Waals surface area contributed by atoms with Gasteiger partial charge in [-0.3, -0.25) is 4.90 Å². The van der Waals surface area contributed by atoms with Crippen molar-refractivity contribution in [2.75, 3.05) is 56.6 Å². The standard InChI is InChI=1S/C33H36N4O2/c1-39-32-15-8-7-14-31(32)37-24-22-36(23-25-37)21-9-20-34-33(38)35-30-13-6-5-12-29(30)28-18-16-27(17-19-28)26-10-3-2-4-11-26/h2-8,10-19H,9,20-25H2,1H3,(H2,34,35,38). The van der Waals surface area contributed by atoms with Gasteiger partial charge in [0.15, 0.2) is 0 Å². The number of amides is 2. The fraction of sp³-hybridized carbons (Fsp3) is 0.242. The number of methoxy groups -OCH3 is 1. The number of urea groups is 1. The minimum atomic E-state index is -0.177. The fourth-order valence-corrected chi connectivity index (χ4v) is 5.09. The third-order valence-electron chi connectivity index (χ3n) is 7.21. The molecule has 0 bridgehead atoms. The maximum absolute atomic E-state index is 12.7. The molecule has 5 rings (SSSR count). The van der Waals surface area contributed by atoms with Gasteiger partial charge in [0.25, 0.3) is 0 Å². The molecule has 2 N–H and O–H groups in total. The monoisotopic (exact) mass is 520 g/mol. The van der Waals surface area contributed by atoms with Crippen LogP contribution in [-0.4, -0.2) is 57.3 Å². The Kier molecular flexibility index (Phi) is 8.76. The summed E-state index contributed by atoms with van der Waals surface area (Å²) in [6.07, 6.45) is 0.907. The van der Waals surface area contributed by atoms with Crippen LogP contribution < -0.4 is 20.3 Å². The van der Waals surface area contributed by atoms with E-state index in [2.05, 4.69) is 69.0 Å². The van der Waals surface area contributed by atoms with Gasteiger partial charge in [0, 0.05) is 38.3 Å². The van der Waals surface area contributed by atoms with Crippen molar-refractivity contribution in [3.05, 3.63) is 103 Å². The molecule has 6 heteroatoms. The summed E-state index contributed by atoms with van der Waals surface area (Å²) in [5.74, 6) is 0.923. The average molecular weight is 521 g/mol. The predicted molar refractivity (Wildman–Crippen MR) is 161 cm³/mol. The Hall–Kier alpha value is -4.29. The third-order valence-corrected chi connectivity index (χ3v) is 7.21. The molecule has 1 aliphatic rings. The van der Waals surface area contributed by atoms with Crippen LogP contribution in [-0.2, 0) is 0 Å². The number of hydrogen-bond acceptors (Lipinski definition) is 4. The van der Waals surface area contributed by atoms with Crippen LogP contribution in [0.15, 0.2) is 103 Å². The number of para-hydroxylation sites is 3. The zero-order valence-electron chi connectivity index (χ0n) is 22.5. The Labute approximate surface area is 231 Å². The van der Waals surface area contributed by atoms with Crippen molar-refractivity contribution < 1.29 is 9.53 Å². The van der Waals surface area contributed by atoms with Crippen LogP contribution in [0.3, 0.4) is 0 Å². The summed E-state index contributed by atoms with van der Waals surface area (Å²) in [5.41, 5.74) is 6.38. The molecular formula is C33H36N4O2. The van der Waals surface area contributed by atoms with Gasteiger partial charge in [-0.05, 0) is 47.9 Å². The number of carbonyl (C=O) groups excluding carboxylic acids is 1. The van der Waals surface area contributed by atoms with Crippen molar-refractivity contribution in [2.45, 2.75) is 6.42 Å². The van der Waals surface area contributed by atoms with E-state index in [1.54, 1.807) is 7.11 Å². The molecule has 0 saturated carbocycles. The van der Waals surface area contributed by atoms with Crippen molar-refractivity contribution in [1.82, 2.24) is 10.2 Å². The molecule has 4 aromatic rings. The highest BCUT2D eigenvalue weighted by Gasteiger charge is 2.19. The smallest absolute Gasteiger partial charge is 0.319 e. The van der Waals surface area contributed by atoms with Crippen LogP contribution in [0.25, 0.3) is 22.3 Å². The molecule has 0 radical (unpaired) electrons. The van der Waals surface area contributed by atoms with E-state index in [9.17, 15) is 4.79 Å². The first kappa shape index (κ1) is 26.3. The summed E-state index contributed by atoms with van der Waals surface area (Å²) in [4.78, 5) is 17.5. The van der Waals surface area contributed by atoms with Crippen LogP contribution in [0.2, 0.25) is 0 Å². The Balaban J connectivity index is 1.08. The minimum Gasteiger partial charge on any atom is -0.495 e. The predicted octanol–water partition coefficient (Wildman–Crippen LogP) is 6.36. The largest absolute Gasteiger partial charge is 0.495 e. The second-order valence-electron chi connectivity index (χ2n) is 9.72. The van der Waals surface area contributed by atoms with Crippen LogP contribution >= 0.6 is 0 Å². The molecule has 39 heavy (non-hydrogen) atoms. The molecular weight excluding hydrogens is 484 g/mol. The van der Waals surface area contributed by atoms with E-state index in [4.69, 9.17) is 4.74 Å². The number of hydrogen-bond donors (Lipinski definition) is 2. The molecule has 0 unspecified atom stereocenters. The Morgan fingerprint density at radius 3 is 2.15 bits per heavy atom. The first-order valence-electron chi connectivity index (χ1n) is 13.6. The van der Waals surface area contributed by atoms with Gasteiger partial charge in [0.05, 0.1) is 18.5 Å². The third kappa shape index (κ3) is 6.78. The first-order chi connectivity index (χ1) is 19.2. The lowest BCUT2D eigenvalue weighted by Crippen LogP contribution is -2.47. The van der Waals surface area contributed by atoms with Gasteiger partial charge in [0.2, 0.25) is 0 Å². The van der Waals surface area contributed by atoms with Gasteiger partial charge in [0.1, 0.15) is 5.75 Å². The van der Waals surface area contributed by atoms with Crippen molar-refractivity contribution in [1.29, 1.82) is 0 Å². The molecule has 0 aromatic heterocycles. The number of rotatable bonds is 9. The Morgan fingerprint density at radius 1 is 0.744 bits per heavy atom. The van der Waals surface area contributed by atoms with E-state index in [0.717, 1.165) is 67.4 Å².